The van der Waals surface area contributed by atoms with Crippen molar-refractivity contribution in [1.29, 1.82) is 0 Å². The van der Waals surface area contributed by atoms with Crippen molar-refractivity contribution in [1.82, 2.24) is 14.8 Å². The lowest BCUT2D eigenvalue weighted by molar-refractivity contribution is 0.0715. The van der Waals surface area contributed by atoms with Crippen LogP contribution in [0.2, 0.25) is 0 Å². The molecule has 1 saturated heterocycles. The molecule has 130 valence electrons. The quantitative estimate of drug-likeness (QED) is 0.859. The predicted octanol–water partition coefficient (Wildman–Crippen LogP) is 2.08. The molecule has 0 atom stereocenters. The van der Waals surface area contributed by atoms with E-state index in [1.807, 2.05) is 0 Å². The number of amides is 2. The first-order valence-electron chi connectivity index (χ1n) is 8.32. The molecule has 2 heterocycles. The zero-order valence-corrected chi connectivity index (χ0v) is 14.2. The number of carbonyl (C=O) groups excluding carboxylic acids is 2. The van der Waals surface area contributed by atoms with Gasteiger partial charge in [0.05, 0.1) is 7.11 Å². The number of hydrogen-bond acceptors (Lipinski definition) is 4. The number of pyridine rings is 1. The van der Waals surface area contributed by atoms with Crippen molar-refractivity contribution >= 4 is 11.8 Å². The van der Waals surface area contributed by atoms with Gasteiger partial charge in [0.25, 0.3) is 11.8 Å². The number of rotatable bonds is 3. The summed E-state index contributed by atoms with van der Waals surface area (Å²) >= 11 is 0. The van der Waals surface area contributed by atoms with Crippen LogP contribution in [-0.2, 0) is 0 Å². The second-order valence-corrected chi connectivity index (χ2v) is 5.88. The number of hydrogen-bond donors (Lipinski definition) is 0. The number of methoxy groups -OCH3 is 1. The fourth-order valence-electron chi connectivity index (χ4n) is 2.89. The molecule has 0 unspecified atom stereocenters. The topological polar surface area (TPSA) is 62.7 Å². The van der Waals surface area contributed by atoms with Gasteiger partial charge in [0.15, 0.2) is 0 Å². The van der Waals surface area contributed by atoms with Crippen LogP contribution in [0.4, 0.5) is 0 Å². The zero-order chi connectivity index (χ0) is 17.6. The van der Waals surface area contributed by atoms with Gasteiger partial charge >= 0.3 is 0 Å². The third-order valence-electron chi connectivity index (χ3n) is 4.29. The lowest BCUT2D eigenvalue weighted by Gasteiger charge is -2.22. The summed E-state index contributed by atoms with van der Waals surface area (Å²) < 4.78 is 5.12. The maximum atomic E-state index is 12.7. The van der Waals surface area contributed by atoms with Gasteiger partial charge in [0, 0.05) is 37.9 Å². The fraction of sp³-hybridized carbons (Fsp3) is 0.316. The van der Waals surface area contributed by atoms with E-state index in [2.05, 4.69) is 4.98 Å². The molecule has 6 nitrogen and oxygen atoms in total. The predicted molar refractivity (Wildman–Crippen MR) is 93.7 cm³/mol. The monoisotopic (exact) mass is 339 g/mol. The SMILES string of the molecule is COc1ccc(C(=O)N2CCCN(C(=O)c3ccccn3)CC2)cc1. The Kier molecular flexibility index (Phi) is 5.28. The molecule has 1 aromatic carbocycles. The van der Waals surface area contributed by atoms with Crippen LogP contribution >= 0.6 is 0 Å². The third-order valence-corrected chi connectivity index (χ3v) is 4.29. The molecule has 0 N–H and O–H groups in total. The summed E-state index contributed by atoms with van der Waals surface area (Å²) in [5.74, 6) is 0.619. The van der Waals surface area contributed by atoms with E-state index in [-0.39, 0.29) is 11.8 Å². The first kappa shape index (κ1) is 17.0. The van der Waals surface area contributed by atoms with Crippen molar-refractivity contribution in [2.45, 2.75) is 6.42 Å². The van der Waals surface area contributed by atoms with Crippen molar-refractivity contribution in [3.8, 4) is 5.75 Å². The van der Waals surface area contributed by atoms with E-state index in [1.165, 1.54) is 0 Å². The summed E-state index contributed by atoms with van der Waals surface area (Å²) in [6.45, 7) is 2.29. The summed E-state index contributed by atoms with van der Waals surface area (Å²) in [5.41, 5.74) is 1.07. The van der Waals surface area contributed by atoms with Crippen LogP contribution in [0.5, 0.6) is 5.75 Å². The molecule has 1 fully saturated rings. The molecule has 1 aromatic heterocycles. The molecule has 0 spiro atoms. The van der Waals surface area contributed by atoms with E-state index in [9.17, 15) is 9.59 Å². The summed E-state index contributed by atoms with van der Waals surface area (Å²) in [5, 5.41) is 0. The van der Waals surface area contributed by atoms with E-state index in [0.717, 1.165) is 12.2 Å². The summed E-state index contributed by atoms with van der Waals surface area (Å²) in [6, 6.07) is 12.4. The second kappa shape index (κ2) is 7.79. The van der Waals surface area contributed by atoms with Crippen LogP contribution in [0.25, 0.3) is 0 Å². The Morgan fingerprint density at radius 2 is 1.60 bits per heavy atom. The number of benzene rings is 1. The third kappa shape index (κ3) is 3.96. The van der Waals surface area contributed by atoms with E-state index < -0.39 is 0 Å². The Bertz CT molecular complexity index is 731. The fourth-order valence-corrected chi connectivity index (χ4v) is 2.89. The van der Waals surface area contributed by atoms with Gasteiger partial charge in [-0.3, -0.25) is 14.6 Å². The van der Waals surface area contributed by atoms with Crippen LogP contribution in [0, 0.1) is 0 Å². The molecule has 6 heteroatoms. The Morgan fingerprint density at radius 1 is 0.920 bits per heavy atom. The lowest BCUT2D eigenvalue weighted by Crippen LogP contribution is -2.37. The highest BCUT2D eigenvalue weighted by atomic mass is 16.5. The molecule has 2 amide bonds. The maximum absolute atomic E-state index is 12.7. The van der Waals surface area contributed by atoms with Gasteiger partial charge in [0.1, 0.15) is 11.4 Å². The summed E-state index contributed by atoms with van der Waals surface area (Å²) in [4.78, 5) is 32.9. The Balaban J connectivity index is 1.64. The molecular formula is C19H21N3O3. The number of nitrogens with zero attached hydrogens (tertiary/aromatic N) is 3. The molecular weight excluding hydrogens is 318 g/mol. The normalized spacial score (nSPS) is 14.8. The van der Waals surface area contributed by atoms with Crippen molar-refractivity contribution in [3.63, 3.8) is 0 Å². The molecule has 0 saturated carbocycles. The average Bonchev–Trinajstić information content (AvgIpc) is 2.94. The highest BCUT2D eigenvalue weighted by Gasteiger charge is 2.24. The average molecular weight is 339 g/mol. The van der Waals surface area contributed by atoms with Gasteiger partial charge in [-0.05, 0) is 42.8 Å². The van der Waals surface area contributed by atoms with Crippen molar-refractivity contribution in [3.05, 3.63) is 59.9 Å². The first-order valence-corrected chi connectivity index (χ1v) is 8.32. The van der Waals surface area contributed by atoms with Gasteiger partial charge in [-0.25, -0.2) is 0 Å². The Labute approximate surface area is 147 Å². The van der Waals surface area contributed by atoms with Crippen LogP contribution in [0.1, 0.15) is 27.3 Å². The Hall–Kier alpha value is -2.89. The maximum Gasteiger partial charge on any atom is 0.272 e. The molecule has 3 rings (SSSR count). The Morgan fingerprint density at radius 3 is 2.20 bits per heavy atom. The largest absolute Gasteiger partial charge is 0.497 e. The zero-order valence-electron chi connectivity index (χ0n) is 14.2. The highest BCUT2D eigenvalue weighted by Crippen LogP contribution is 2.15. The standard InChI is InChI=1S/C19H21N3O3/c1-25-16-8-6-15(7-9-16)18(23)21-11-4-12-22(14-13-21)19(24)17-5-2-3-10-20-17/h2-3,5-10H,4,11-14H2,1H3. The minimum Gasteiger partial charge on any atom is -0.497 e. The van der Waals surface area contributed by atoms with E-state index in [1.54, 1.807) is 65.6 Å². The molecule has 2 aromatic rings. The van der Waals surface area contributed by atoms with Crippen LogP contribution in [0.3, 0.4) is 0 Å². The van der Waals surface area contributed by atoms with Crippen molar-refractivity contribution in [2.75, 3.05) is 33.3 Å². The van der Waals surface area contributed by atoms with Crippen molar-refractivity contribution < 1.29 is 14.3 Å². The molecule has 25 heavy (non-hydrogen) atoms. The van der Waals surface area contributed by atoms with E-state index >= 15 is 0 Å². The second-order valence-electron chi connectivity index (χ2n) is 5.88. The van der Waals surface area contributed by atoms with Gasteiger partial charge < -0.3 is 14.5 Å². The van der Waals surface area contributed by atoms with Gasteiger partial charge in [0.2, 0.25) is 0 Å². The van der Waals surface area contributed by atoms with E-state index in [0.29, 0.717) is 37.4 Å². The van der Waals surface area contributed by atoms with Gasteiger partial charge in [-0.15, -0.1) is 0 Å². The number of ether oxygens (including phenoxy) is 1. The van der Waals surface area contributed by atoms with Crippen molar-refractivity contribution in [2.24, 2.45) is 0 Å². The smallest absolute Gasteiger partial charge is 0.272 e. The summed E-state index contributed by atoms with van der Waals surface area (Å²) in [6.07, 6.45) is 2.37. The number of carbonyl (C=O) groups is 2. The lowest BCUT2D eigenvalue weighted by atomic mass is 10.2. The van der Waals surface area contributed by atoms with Gasteiger partial charge in [-0.2, -0.15) is 0 Å². The molecule has 1 aliphatic heterocycles. The van der Waals surface area contributed by atoms with Crippen LogP contribution in [-0.4, -0.2) is 59.9 Å². The molecule has 0 bridgehead atoms. The van der Waals surface area contributed by atoms with Crippen LogP contribution < -0.4 is 4.74 Å². The highest BCUT2D eigenvalue weighted by molar-refractivity contribution is 5.95. The first-order chi connectivity index (χ1) is 12.2. The number of aromatic nitrogens is 1. The van der Waals surface area contributed by atoms with E-state index in [4.69, 9.17) is 4.74 Å². The minimum atomic E-state index is -0.0839. The molecule has 1 aliphatic rings. The summed E-state index contributed by atoms with van der Waals surface area (Å²) in [7, 11) is 1.60. The molecule has 0 aliphatic carbocycles. The van der Waals surface area contributed by atoms with Gasteiger partial charge in [-0.1, -0.05) is 6.07 Å². The van der Waals surface area contributed by atoms with Crippen LogP contribution in [0.15, 0.2) is 48.7 Å². The molecule has 0 radical (unpaired) electrons. The minimum absolute atomic E-state index is 0.0187.